The summed E-state index contributed by atoms with van der Waals surface area (Å²) in [7, 11) is 0. The van der Waals surface area contributed by atoms with E-state index in [0.29, 0.717) is 24.4 Å². The summed E-state index contributed by atoms with van der Waals surface area (Å²) in [5.41, 5.74) is -1.19. The molecule has 1 aromatic carbocycles. The number of hydrogen-bond donors (Lipinski definition) is 2. The Kier molecular flexibility index (Phi) is 5.66. The quantitative estimate of drug-likeness (QED) is 0.747. The minimum absolute atomic E-state index is 0.245. The highest BCUT2D eigenvalue weighted by Crippen LogP contribution is 2.41. The largest absolute Gasteiger partial charge is 0.465 e. The number of imidazole rings is 1. The van der Waals surface area contributed by atoms with Crippen LogP contribution < -0.4 is 0 Å². The Morgan fingerprint density at radius 3 is 2.43 bits per heavy atom. The number of halogens is 2. The maximum absolute atomic E-state index is 14.6. The van der Waals surface area contributed by atoms with Gasteiger partial charge in [-0.3, -0.25) is 4.90 Å². The molecule has 1 aliphatic rings. The minimum atomic E-state index is -1.24. The zero-order chi connectivity index (χ0) is 22.4. The smallest absolute Gasteiger partial charge is 0.408 e. The zero-order valence-corrected chi connectivity index (χ0v) is 18.0. The van der Waals surface area contributed by atoms with E-state index in [1.807, 2.05) is 0 Å². The van der Waals surface area contributed by atoms with Crippen molar-refractivity contribution in [3.63, 3.8) is 0 Å². The first-order valence-corrected chi connectivity index (χ1v) is 10.1. The number of nitrogens with zero attached hydrogens (tertiary/aromatic N) is 3. The number of carboxylic acid groups (broad SMARTS) is 1. The van der Waals surface area contributed by atoms with Gasteiger partial charge in [0, 0.05) is 18.0 Å². The Hall–Kier alpha value is -2.48. The Morgan fingerprint density at radius 1 is 1.20 bits per heavy atom. The molecule has 6 nitrogen and oxygen atoms in total. The average Bonchev–Trinajstić information content (AvgIpc) is 2.94. The normalized spacial score (nSPS) is 19.9. The van der Waals surface area contributed by atoms with Gasteiger partial charge in [0.25, 0.3) is 0 Å². The van der Waals surface area contributed by atoms with Gasteiger partial charge in [0.1, 0.15) is 11.4 Å². The summed E-state index contributed by atoms with van der Waals surface area (Å²) in [5.74, 6) is -1.69. The minimum Gasteiger partial charge on any atom is -0.465 e. The van der Waals surface area contributed by atoms with Gasteiger partial charge >= 0.3 is 6.09 Å². The van der Waals surface area contributed by atoms with E-state index in [1.165, 1.54) is 17.2 Å². The maximum atomic E-state index is 14.6. The number of amides is 1. The van der Waals surface area contributed by atoms with Crippen LogP contribution in [-0.2, 0) is 12.1 Å². The lowest BCUT2D eigenvalue weighted by Crippen LogP contribution is -2.47. The molecule has 2 aromatic rings. The fraction of sp³-hybridized carbons (Fsp3) is 0.545. The number of benzene rings is 1. The molecule has 2 heterocycles. The van der Waals surface area contributed by atoms with Crippen LogP contribution in [0.3, 0.4) is 0 Å². The van der Waals surface area contributed by atoms with E-state index in [4.69, 9.17) is 0 Å². The third kappa shape index (κ3) is 4.05. The predicted molar refractivity (Wildman–Crippen MR) is 108 cm³/mol. The Balaban J connectivity index is 2.15. The lowest BCUT2D eigenvalue weighted by atomic mass is 9.91. The Labute approximate surface area is 175 Å². The number of carbonyl (C=O) groups is 1. The van der Waals surface area contributed by atoms with E-state index in [0.717, 1.165) is 6.07 Å². The van der Waals surface area contributed by atoms with Gasteiger partial charge in [0.05, 0.1) is 17.9 Å². The Bertz CT molecular complexity index is 944. The molecule has 2 atom stereocenters. The highest BCUT2D eigenvalue weighted by Gasteiger charge is 2.40. The highest BCUT2D eigenvalue weighted by molar-refractivity contribution is 5.66. The molecule has 1 amide bonds. The highest BCUT2D eigenvalue weighted by atomic mass is 19.2. The molecule has 0 aliphatic carbocycles. The molecule has 0 radical (unpaired) electrons. The second-order valence-corrected chi connectivity index (χ2v) is 9.43. The number of fused-ring (bicyclic) bond motifs is 1. The van der Waals surface area contributed by atoms with E-state index in [2.05, 4.69) is 4.98 Å². The summed E-state index contributed by atoms with van der Waals surface area (Å²) >= 11 is 0. The van der Waals surface area contributed by atoms with E-state index in [1.54, 1.807) is 45.3 Å². The van der Waals surface area contributed by atoms with Crippen LogP contribution >= 0.6 is 0 Å². The van der Waals surface area contributed by atoms with Gasteiger partial charge in [0.2, 0.25) is 0 Å². The van der Waals surface area contributed by atoms with E-state index in [-0.39, 0.29) is 12.1 Å². The van der Waals surface area contributed by atoms with Crippen LogP contribution in [-0.4, -0.2) is 36.3 Å². The van der Waals surface area contributed by atoms with Crippen molar-refractivity contribution in [2.24, 2.45) is 0 Å². The second kappa shape index (κ2) is 7.65. The van der Waals surface area contributed by atoms with Crippen molar-refractivity contribution in [1.82, 2.24) is 14.5 Å². The van der Waals surface area contributed by atoms with Crippen LogP contribution in [0.2, 0.25) is 0 Å². The Morgan fingerprint density at radius 2 is 1.87 bits per heavy atom. The van der Waals surface area contributed by atoms with Crippen LogP contribution in [0.1, 0.15) is 76.5 Å². The molecule has 1 aliphatic heterocycles. The molecule has 0 saturated heterocycles. The van der Waals surface area contributed by atoms with Crippen LogP contribution in [0.4, 0.5) is 13.6 Å². The zero-order valence-electron chi connectivity index (χ0n) is 18.0. The lowest BCUT2D eigenvalue weighted by molar-refractivity contribution is 0.0609. The molecular weight excluding hydrogens is 392 g/mol. The van der Waals surface area contributed by atoms with Gasteiger partial charge in [-0.25, -0.2) is 18.6 Å². The lowest BCUT2D eigenvalue weighted by Gasteiger charge is -2.39. The molecule has 8 heteroatoms. The molecule has 0 bridgehead atoms. The molecule has 0 unspecified atom stereocenters. The van der Waals surface area contributed by atoms with Crippen molar-refractivity contribution >= 4 is 6.09 Å². The third-order valence-corrected chi connectivity index (χ3v) is 5.66. The van der Waals surface area contributed by atoms with Crippen molar-refractivity contribution in [3.05, 3.63) is 53.1 Å². The standard InChI is InChI=1S/C22H29F2N3O3/c1-21(2,3)27(20(28)29)16-10-9-13(14-7-6-8-15(23)18(14)24)12-26-17(22(4,5)30)11-25-19(16)26/h6-8,11,13,16,30H,9-10,12H2,1-5H3,(H,28,29)/t13-,16-/m1/s1. The average molecular weight is 421 g/mol. The number of aromatic nitrogens is 2. The number of aliphatic hydroxyl groups is 1. The van der Waals surface area contributed by atoms with E-state index in [9.17, 15) is 23.8 Å². The molecular formula is C22H29F2N3O3. The van der Waals surface area contributed by atoms with Crippen LogP contribution in [0.25, 0.3) is 0 Å². The van der Waals surface area contributed by atoms with Crippen molar-refractivity contribution in [1.29, 1.82) is 0 Å². The van der Waals surface area contributed by atoms with Gasteiger partial charge in [-0.05, 0) is 59.1 Å². The predicted octanol–water partition coefficient (Wildman–Crippen LogP) is 4.79. The molecule has 1 aromatic heterocycles. The number of rotatable bonds is 3. The maximum Gasteiger partial charge on any atom is 0.408 e. The van der Waals surface area contributed by atoms with E-state index >= 15 is 0 Å². The third-order valence-electron chi connectivity index (χ3n) is 5.66. The summed E-state index contributed by atoms with van der Waals surface area (Å²) in [6, 6.07) is 3.53. The first-order chi connectivity index (χ1) is 13.8. The van der Waals surface area contributed by atoms with E-state index < -0.39 is 40.8 Å². The van der Waals surface area contributed by atoms with Gasteiger partial charge in [-0.2, -0.15) is 0 Å². The summed E-state index contributed by atoms with van der Waals surface area (Å²) in [5, 5.41) is 20.6. The molecule has 0 saturated carbocycles. The van der Waals surface area contributed by atoms with Gasteiger partial charge in [0.15, 0.2) is 11.6 Å². The van der Waals surface area contributed by atoms with Gasteiger partial charge in [-0.1, -0.05) is 12.1 Å². The topological polar surface area (TPSA) is 78.6 Å². The summed E-state index contributed by atoms with van der Waals surface area (Å²) < 4.78 is 30.2. The monoisotopic (exact) mass is 421 g/mol. The first-order valence-electron chi connectivity index (χ1n) is 10.1. The molecule has 2 N–H and O–H groups in total. The van der Waals surface area contributed by atoms with Crippen LogP contribution in [0.5, 0.6) is 0 Å². The van der Waals surface area contributed by atoms with Gasteiger partial charge in [-0.15, -0.1) is 0 Å². The number of hydrogen-bond acceptors (Lipinski definition) is 3. The molecule has 0 fully saturated rings. The van der Waals surface area contributed by atoms with Crippen LogP contribution in [0.15, 0.2) is 24.4 Å². The molecule has 3 rings (SSSR count). The summed E-state index contributed by atoms with van der Waals surface area (Å²) in [6.07, 6.45) is 1.30. The van der Waals surface area contributed by atoms with Crippen molar-refractivity contribution in [2.45, 2.75) is 77.1 Å². The molecule has 30 heavy (non-hydrogen) atoms. The summed E-state index contributed by atoms with van der Waals surface area (Å²) in [4.78, 5) is 18.0. The van der Waals surface area contributed by atoms with Crippen LogP contribution in [0, 0.1) is 11.6 Å². The SMILES string of the molecule is CC(C)(O)c1cnc2n1C[C@H](c1cccc(F)c1F)CC[C@H]2N(C(=O)O)C(C)(C)C. The van der Waals surface area contributed by atoms with Crippen molar-refractivity contribution in [2.75, 3.05) is 0 Å². The fourth-order valence-electron chi connectivity index (χ4n) is 4.36. The van der Waals surface area contributed by atoms with Gasteiger partial charge < -0.3 is 14.8 Å². The molecule has 164 valence electrons. The summed E-state index contributed by atoms with van der Waals surface area (Å²) in [6.45, 7) is 8.92. The van der Waals surface area contributed by atoms with Crippen molar-refractivity contribution < 1.29 is 23.8 Å². The molecule has 0 spiro atoms. The second-order valence-electron chi connectivity index (χ2n) is 9.43. The first kappa shape index (κ1) is 22.2. The van der Waals surface area contributed by atoms with Crippen molar-refractivity contribution in [3.8, 4) is 0 Å². The fourth-order valence-corrected chi connectivity index (χ4v) is 4.36.